The summed E-state index contributed by atoms with van der Waals surface area (Å²) in [6.45, 7) is 25.0. The Morgan fingerprint density at radius 2 is 1.61 bits per heavy atom. The Kier molecular flexibility index (Phi) is 18.2. The minimum atomic E-state index is -0.264. The normalized spacial score (nSPS) is 15.0. The van der Waals surface area contributed by atoms with Crippen molar-refractivity contribution in [3.05, 3.63) is 29.3 Å². The van der Waals surface area contributed by atoms with Crippen LogP contribution in [0, 0.1) is 12.3 Å². The number of nitrogen functional groups attached to an aromatic ring is 1. The van der Waals surface area contributed by atoms with Crippen LogP contribution in [0.25, 0.3) is 10.9 Å². The van der Waals surface area contributed by atoms with Crippen LogP contribution in [0.4, 0.5) is 11.5 Å². The lowest BCUT2D eigenvalue weighted by Gasteiger charge is -2.43. The summed E-state index contributed by atoms with van der Waals surface area (Å²) in [5.74, 6) is 0.469. The minimum Gasteiger partial charge on any atom is -0.396 e. The molecule has 0 spiro atoms. The number of aliphatic hydroxyl groups is 3. The van der Waals surface area contributed by atoms with Gasteiger partial charge in [0, 0.05) is 54.8 Å². The first-order chi connectivity index (χ1) is 20.8. The number of hydrogen-bond acceptors (Lipinski definition) is 9. The van der Waals surface area contributed by atoms with Gasteiger partial charge >= 0.3 is 0 Å². The number of nitrogens with two attached hydrogens (primary N) is 1. The molecular weight excluding hydrogens is 554 g/mol. The second kappa shape index (κ2) is 20.1. The van der Waals surface area contributed by atoms with Crippen LogP contribution in [0.15, 0.2) is 23.2 Å². The van der Waals surface area contributed by atoms with Gasteiger partial charge in [0.2, 0.25) is 0 Å². The Labute approximate surface area is 267 Å². The summed E-state index contributed by atoms with van der Waals surface area (Å²) < 4.78 is 5.45. The molecule has 1 saturated heterocycles. The summed E-state index contributed by atoms with van der Waals surface area (Å²) >= 11 is 0. The Hall–Kier alpha value is -2.14. The zero-order chi connectivity index (χ0) is 33.3. The zero-order valence-electron chi connectivity index (χ0n) is 29.2. The second-order valence-corrected chi connectivity index (χ2v) is 12.9. The fourth-order valence-electron chi connectivity index (χ4n) is 4.72. The molecular formula is C35H63N5O4. The number of aliphatic imine (C=N–C) groups is 1. The zero-order valence-corrected chi connectivity index (χ0v) is 29.2. The van der Waals surface area contributed by atoms with Gasteiger partial charge in [-0.25, -0.2) is 4.98 Å². The largest absolute Gasteiger partial charge is 0.396 e. The van der Waals surface area contributed by atoms with Crippen molar-refractivity contribution in [2.75, 3.05) is 71.5 Å². The third-order valence-corrected chi connectivity index (χ3v) is 8.29. The molecule has 1 aliphatic heterocycles. The molecule has 0 aliphatic carbocycles. The summed E-state index contributed by atoms with van der Waals surface area (Å²) in [6.07, 6.45) is 4.20. The van der Waals surface area contributed by atoms with E-state index in [0.29, 0.717) is 19.0 Å². The maximum absolute atomic E-state index is 9.59. The van der Waals surface area contributed by atoms with E-state index in [1.54, 1.807) is 0 Å². The van der Waals surface area contributed by atoms with Crippen LogP contribution in [0.2, 0.25) is 0 Å². The first-order valence-electron chi connectivity index (χ1n) is 16.5. The lowest BCUT2D eigenvalue weighted by molar-refractivity contribution is 0.0166. The number of ether oxygens (including phenoxy) is 1. The average molecular weight is 618 g/mol. The van der Waals surface area contributed by atoms with Gasteiger partial charge in [0.25, 0.3) is 0 Å². The number of aliphatic hydroxyl groups excluding tert-OH is 3. The topological polar surface area (TPSA) is 128 Å². The molecule has 0 amide bonds. The van der Waals surface area contributed by atoms with E-state index in [0.717, 1.165) is 79.9 Å². The molecule has 9 nitrogen and oxygen atoms in total. The molecule has 252 valence electrons. The van der Waals surface area contributed by atoms with Gasteiger partial charge in [-0.1, -0.05) is 46.2 Å². The maximum atomic E-state index is 9.59. The number of piperazine rings is 1. The lowest BCUT2D eigenvalue weighted by Crippen LogP contribution is -2.56. The smallest absolute Gasteiger partial charge is 0.150 e. The highest BCUT2D eigenvalue weighted by Gasteiger charge is 2.29. The molecule has 0 atom stereocenters. The van der Waals surface area contributed by atoms with Gasteiger partial charge < -0.3 is 30.7 Å². The van der Waals surface area contributed by atoms with Crippen molar-refractivity contribution in [2.24, 2.45) is 10.4 Å². The monoisotopic (exact) mass is 617 g/mol. The Morgan fingerprint density at radius 1 is 1.00 bits per heavy atom. The van der Waals surface area contributed by atoms with Crippen molar-refractivity contribution in [3.8, 4) is 0 Å². The van der Waals surface area contributed by atoms with Gasteiger partial charge in [0.15, 0.2) is 0 Å². The molecule has 1 aliphatic rings. The van der Waals surface area contributed by atoms with Gasteiger partial charge in [-0.15, -0.1) is 0 Å². The molecule has 0 saturated carbocycles. The van der Waals surface area contributed by atoms with Crippen LogP contribution in [-0.4, -0.2) is 107 Å². The fraction of sp³-hybridized carbons (Fsp3) is 0.714. The molecule has 0 radical (unpaired) electrons. The second-order valence-electron chi connectivity index (χ2n) is 12.9. The highest BCUT2D eigenvalue weighted by atomic mass is 16.5. The number of aryl methyl sites for hydroxylation is 2. The van der Waals surface area contributed by atoms with Gasteiger partial charge in [-0.3, -0.25) is 9.89 Å². The molecule has 9 heteroatoms. The summed E-state index contributed by atoms with van der Waals surface area (Å²) in [5, 5.41) is 27.9. The summed E-state index contributed by atoms with van der Waals surface area (Å²) in [7, 11) is 0. The molecule has 2 heterocycles. The molecule has 0 bridgehead atoms. The first-order valence-corrected chi connectivity index (χ1v) is 16.5. The quantitative estimate of drug-likeness (QED) is 0.221. The van der Waals surface area contributed by atoms with Crippen LogP contribution in [0.5, 0.6) is 0 Å². The Morgan fingerprint density at radius 3 is 2.11 bits per heavy atom. The Bertz CT molecular complexity index is 1120. The van der Waals surface area contributed by atoms with Crippen LogP contribution in [-0.2, 0) is 11.2 Å². The molecule has 2 aromatic rings. The van der Waals surface area contributed by atoms with Crippen molar-refractivity contribution in [2.45, 2.75) is 93.5 Å². The van der Waals surface area contributed by atoms with Crippen molar-refractivity contribution >= 4 is 28.1 Å². The van der Waals surface area contributed by atoms with Crippen molar-refractivity contribution in [1.29, 1.82) is 0 Å². The molecule has 0 unspecified atom stereocenters. The molecule has 3 rings (SSSR count). The highest BCUT2D eigenvalue weighted by molar-refractivity contribution is 5.94. The maximum Gasteiger partial charge on any atom is 0.150 e. The minimum absolute atomic E-state index is 0.0694. The number of nitrogens with zero attached hydrogens (tertiary/aromatic N) is 4. The van der Waals surface area contributed by atoms with E-state index in [1.165, 1.54) is 12.0 Å². The summed E-state index contributed by atoms with van der Waals surface area (Å²) in [4.78, 5) is 14.3. The fourth-order valence-corrected chi connectivity index (χ4v) is 4.72. The van der Waals surface area contributed by atoms with Crippen LogP contribution in [0.3, 0.4) is 0 Å². The SMILES string of the molecule is CCC.CCC(C)(CO)CO.CCOCC(C)=Nc1c(N)nc2cc(CCCN3CCN(C(C)(C)CO)CC3)ccc2c1C. The van der Waals surface area contributed by atoms with Gasteiger partial charge in [-0.05, 0) is 77.6 Å². The van der Waals surface area contributed by atoms with E-state index >= 15 is 0 Å². The molecule has 1 aromatic heterocycles. The standard InChI is InChI=1S/C26H41N5O2.C6H14O2.C3H8/c1-6-33-17-19(2)28-24-20(3)22-10-9-21(16-23(22)29-25(24)27)8-7-11-30-12-14-31(15-13-30)26(4,5)18-32;1-3-6(2,4-7)5-8;1-3-2/h9-10,16,32H,6-8,11-15,17-18H2,1-5H3,(H2,27,29);7-8H,3-5H2,1-2H3;3H2,1-2H3. The van der Waals surface area contributed by atoms with Crippen molar-refractivity contribution in [3.63, 3.8) is 0 Å². The van der Waals surface area contributed by atoms with Crippen LogP contribution >= 0.6 is 0 Å². The molecule has 1 fully saturated rings. The Balaban J connectivity index is 0.000000754. The van der Waals surface area contributed by atoms with E-state index in [1.807, 2.05) is 27.7 Å². The van der Waals surface area contributed by atoms with E-state index in [-0.39, 0.29) is 30.8 Å². The third-order valence-electron chi connectivity index (χ3n) is 8.29. The highest BCUT2D eigenvalue weighted by Crippen LogP contribution is 2.32. The van der Waals surface area contributed by atoms with Crippen molar-refractivity contribution < 1.29 is 20.1 Å². The predicted octanol–water partition coefficient (Wildman–Crippen LogP) is 5.38. The molecule has 1 aromatic carbocycles. The van der Waals surface area contributed by atoms with Gasteiger partial charge in [0.05, 0.1) is 31.9 Å². The number of aromatic nitrogens is 1. The van der Waals surface area contributed by atoms with Gasteiger partial charge in [0.1, 0.15) is 11.5 Å². The average Bonchev–Trinajstić information content (AvgIpc) is 3.02. The number of hydrogen-bond donors (Lipinski definition) is 4. The number of pyridine rings is 1. The van der Waals surface area contributed by atoms with Crippen LogP contribution < -0.4 is 5.73 Å². The third kappa shape index (κ3) is 12.7. The predicted molar refractivity (Wildman–Crippen MR) is 186 cm³/mol. The number of fused-ring (bicyclic) bond motifs is 1. The van der Waals surface area contributed by atoms with Crippen LogP contribution in [0.1, 0.15) is 85.8 Å². The van der Waals surface area contributed by atoms with Gasteiger partial charge in [-0.2, -0.15) is 0 Å². The summed E-state index contributed by atoms with van der Waals surface area (Å²) in [5.41, 5.74) is 10.8. The van der Waals surface area contributed by atoms with E-state index in [9.17, 15) is 5.11 Å². The molecule has 44 heavy (non-hydrogen) atoms. The summed E-state index contributed by atoms with van der Waals surface area (Å²) in [6, 6.07) is 6.52. The number of rotatable bonds is 13. The first kappa shape index (κ1) is 39.9. The molecule has 5 N–H and O–H groups in total. The number of benzene rings is 1. The lowest BCUT2D eigenvalue weighted by atomic mass is 9.90. The number of anilines is 1. The van der Waals surface area contributed by atoms with Crippen molar-refractivity contribution in [1.82, 2.24) is 14.8 Å². The van der Waals surface area contributed by atoms with E-state index in [4.69, 9.17) is 20.7 Å². The van der Waals surface area contributed by atoms with E-state index < -0.39 is 0 Å². The van der Waals surface area contributed by atoms with E-state index in [2.05, 4.69) is 72.6 Å².